The molecule has 5 heterocycles. The second kappa shape index (κ2) is 6.65. The van der Waals surface area contributed by atoms with E-state index in [1.165, 1.54) is 73.6 Å². The van der Waals surface area contributed by atoms with Gasteiger partial charge in [0.25, 0.3) is 0 Å². The summed E-state index contributed by atoms with van der Waals surface area (Å²) < 4.78 is 2.62. The fraction of sp³-hybridized carbons (Fsp3) is 0.143. The topological polar surface area (TPSA) is 34.2 Å². The van der Waals surface area contributed by atoms with E-state index >= 15 is 0 Å². The number of benzene rings is 4. The molecule has 1 spiro atoms. The molecule has 2 atom stereocenters. The van der Waals surface area contributed by atoms with E-state index in [9.17, 15) is 0 Å². The molecule has 4 aliphatic heterocycles. The van der Waals surface area contributed by atoms with Gasteiger partial charge in [0.05, 0.1) is 47.0 Å². The maximum absolute atomic E-state index is 8.46. The van der Waals surface area contributed by atoms with Gasteiger partial charge in [-0.15, -0.1) is 0 Å². The molecule has 0 saturated carbocycles. The number of fused-ring (bicyclic) bond motifs is 6. The van der Waals surface area contributed by atoms with Gasteiger partial charge in [0.15, 0.2) is 11.9 Å². The molecular formula is C35H25N4+. The molecule has 4 heteroatoms. The van der Waals surface area contributed by atoms with E-state index in [0.717, 1.165) is 25.1 Å². The van der Waals surface area contributed by atoms with Gasteiger partial charge in [0, 0.05) is 30.2 Å². The lowest BCUT2D eigenvalue weighted by molar-refractivity contribution is -0.750. The Morgan fingerprint density at radius 1 is 0.692 bits per heavy atom. The van der Waals surface area contributed by atoms with Crippen LogP contribution in [-0.4, -0.2) is 12.9 Å². The molecule has 5 aliphatic rings. The van der Waals surface area contributed by atoms with E-state index in [-0.39, 0.29) is 11.5 Å². The van der Waals surface area contributed by atoms with Crippen LogP contribution < -0.4 is 14.4 Å². The van der Waals surface area contributed by atoms with Gasteiger partial charge in [-0.3, -0.25) is 5.41 Å². The third-order valence-electron chi connectivity index (χ3n) is 9.95. The van der Waals surface area contributed by atoms with Gasteiger partial charge >= 0.3 is 0 Å². The lowest BCUT2D eigenvalue weighted by atomic mass is 9.65. The molecule has 184 valence electrons. The maximum Gasteiger partial charge on any atom is 0.242 e. The summed E-state index contributed by atoms with van der Waals surface area (Å²) in [4.78, 5) is 4.71. The van der Waals surface area contributed by atoms with Crippen molar-refractivity contribution in [3.05, 3.63) is 147 Å². The van der Waals surface area contributed by atoms with Crippen LogP contribution in [0.5, 0.6) is 0 Å². The normalized spacial score (nSPS) is 21.4. The quantitative estimate of drug-likeness (QED) is 0.163. The lowest BCUT2D eigenvalue weighted by Gasteiger charge is -2.48. The number of pyridine rings is 1. The third kappa shape index (κ3) is 2.15. The highest BCUT2D eigenvalue weighted by atomic mass is 15.3. The second-order valence-electron chi connectivity index (χ2n) is 11.6. The predicted molar refractivity (Wildman–Crippen MR) is 153 cm³/mol. The fourth-order valence-electron chi connectivity index (χ4n) is 8.62. The maximum atomic E-state index is 8.46. The van der Waals surface area contributed by atoms with Crippen LogP contribution >= 0.6 is 0 Å². The molecule has 39 heavy (non-hydrogen) atoms. The number of hydrogen-bond donors (Lipinski definition) is 1. The molecule has 0 fully saturated rings. The Morgan fingerprint density at radius 3 is 2.38 bits per heavy atom. The molecular weight excluding hydrogens is 476 g/mol. The highest BCUT2D eigenvalue weighted by Gasteiger charge is 2.64. The number of hydrogen-bond acceptors (Lipinski definition) is 2. The summed E-state index contributed by atoms with van der Waals surface area (Å²) in [6.45, 7) is 0.733. The summed E-state index contributed by atoms with van der Waals surface area (Å²) in [5.74, 6) is 0.193. The third-order valence-corrected chi connectivity index (χ3v) is 9.95. The Kier molecular flexibility index (Phi) is 3.46. The van der Waals surface area contributed by atoms with Gasteiger partial charge in [-0.1, -0.05) is 60.7 Å². The average molecular weight is 502 g/mol. The van der Waals surface area contributed by atoms with E-state index in [1.54, 1.807) is 0 Å². The Labute approximate surface area is 226 Å². The fourth-order valence-corrected chi connectivity index (χ4v) is 8.62. The molecule has 10 rings (SSSR count). The highest BCUT2D eigenvalue weighted by molar-refractivity contribution is 5.98. The van der Waals surface area contributed by atoms with Crippen LogP contribution in [0, 0.1) is 5.41 Å². The molecule has 4 aromatic carbocycles. The molecule has 1 aromatic heterocycles. The van der Waals surface area contributed by atoms with Crippen molar-refractivity contribution in [1.29, 1.82) is 5.41 Å². The Bertz CT molecular complexity index is 1960. The number of nitrogens with zero attached hydrogens (tertiary/aromatic N) is 3. The molecule has 0 saturated heterocycles. The lowest BCUT2D eigenvalue weighted by Crippen LogP contribution is -2.67. The minimum absolute atomic E-state index is 0.193. The first-order valence-electron chi connectivity index (χ1n) is 13.9. The summed E-state index contributed by atoms with van der Waals surface area (Å²) in [7, 11) is 0. The molecule has 5 aromatic rings. The van der Waals surface area contributed by atoms with Crippen molar-refractivity contribution >= 4 is 29.1 Å². The zero-order valence-corrected chi connectivity index (χ0v) is 21.4. The van der Waals surface area contributed by atoms with Crippen molar-refractivity contribution < 1.29 is 4.57 Å². The SMILES string of the molecule is N=CN1CC23c4c1cccc4N1c4ccccc4Cc4ccc(c2c41)C1c2ccccc2Cc2ccc[n+]3c21. The molecule has 0 radical (unpaired) electrons. The average Bonchev–Trinajstić information content (AvgIpc) is 3.33. The van der Waals surface area contributed by atoms with Crippen LogP contribution in [0.4, 0.5) is 22.7 Å². The summed E-state index contributed by atoms with van der Waals surface area (Å²) in [5.41, 5.74) is 17.3. The predicted octanol–water partition coefficient (Wildman–Crippen LogP) is 6.28. The van der Waals surface area contributed by atoms with E-state index in [2.05, 4.69) is 112 Å². The molecule has 0 amide bonds. The van der Waals surface area contributed by atoms with Crippen LogP contribution in [0.15, 0.2) is 97.2 Å². The van der Waals surface area contributed by atoms with E-state index in [1.807, 2.05) is 0 Å². The standard InChI is InChI=1S/C35H25N4/c36-20-37-19-35-31-26(30-25-10-3-1-7-21(25)17-23-9-6-16-38(35)33(23)30)15-14-24-18-22-8-2-4-11-27(22)39(34(24)31)29-13-5-12-28(37)32(29)35/h1-16,20,30,36H,17-19H2/q+1. The summed E-state index contributed by atoms with van der Waals surface area (Å²) in [5, 5.41) is 8.46. The van der Waals surface area contributed by atoms with Gasteiger partial charge in [-0.25, -0.2) is 0 Å². The number of rotatable bonds is 1. The molecule has 4 nitrogen and oxygen atoms in total. The van der Waals surface area contributed by atoms with Gasteiger partial charge < -0.3 is 9.80 Å². The number of anilines is 4. The van der Waals surface area contributed by atoms with Crippen LogP contribution in [-0.2, 0) is 18.4 Å². The van der Waals surface area contributed by atoms with Gasteiger partial charge in [-0.2, -0.15) is 4.57 Å². The zero-order valence-electron chi connectivity index (χ0n) is 21.4. The van der Waals surface area contributed by atoms with Crippen LogP contribution in [0.25, 0.3) is 0 Å². The summed E-state index contributed by atoms with van der Waals surface area (Å²) in [6, 6.07) is 34.0. The first-order chi connectivity index (χ1) is 19.3. The first kappa shape index (κ1) is 20.3. The van der Waals surface area contributed by atoms with Crippen LogP contribution in [0.3, 0.4) is 0 Å². The van der Waals surface area contributed by atoms with Crippen molar-refractivity contribution in [3.63, 3.8) is 0 Å². The van der Waals surface area contributed by atoms with E-state index in [0.29, 0.717) is 0 Å². The van der Waals surface area contributed by atoms with Crippen molar-refractivity contribution in [2.75, 3.05) is 16.3 Å². The van der Waals surface area contributed by atoms with Crippen molar-refractivity contribution in [2.24, 2.45) is 0 Å². The minimum atomic E-state index is -0.388. The molecule has 1 N–H and O–H groups in total. The van der Waals surface area contributed by atoms with Gasteiger partial charge in [-0.05, 0) is 52.1 Å². The second-order valence-corrected chi connectivity index (χ2v) is 11.6. The minimum Gasteiger partial charge on any atom is -0.325 e. The monoisotopic (exact) mass is 501 g/mol. The largest absolute Gasteiger partial charge is 0.325 e. The van der Waals surface area contributed by atoms with Crippen molar-refractivity contribution in [3.8, 4) is 0 Å². The Morgan fingerprint density at radius 2 is 1.46 bits per heavy atom. The van der Waals surface area contributed by atoms with Crippen LogP contribution in [0.1, 0.15) is 56.1 Å². The number of aromatic nitrogens is 1. The number of para-hydroxylation sites is 1. The Hall–Kier alpha value is -4.70. The first-order valence-corrected chi connectivity index (χ1v) is 13.9. The summed E-state index contributed by atoms with van der Waals surface area (Å²) in [6.07, 6.45) is 5.75. The smallest absolute Gasteiger partial charge is 0.242 e. The molecule has 2 unspecified atom stereocenters. The van der Waals surface area contributed by atoms with Crippen LogP contribution in [0.2, 0.25) is 0 Å². The summed E-state index contributed by atoms with van der Waals surface area (Å²) >= 11 is 0. The Balaban J connectivity index is 1.42. The van der Waals surface area contributed by atoms with E-state index < -0.39 is 0 Å². The molecule has 1 aliphatic carbocycles. The van der Waals surface area contributed by atoms with Gasteiger partial charge in [0.1, 0.15) is 0 Å². The van der Waals surface area contributed by atoms with Gasteiger partial charge in [0.2, 0.25) is 5.54 Å². The van der Waals surface area contributed by atoms with Crippen molar-refractivity contribution in [2.45, 2.75) is 24.3 Å². The number of nitrogens with one attached hydrogen (secondary N) is 1. The highest BCUT2D eigenvalue weighted by Crippen LogP contribution is 2.63. The molecule has 0 bridgehead atoms. The zero-order chi connectivity index (χ0) is 25.5. The van der Waals surface area contributed by atoms with Crippen molar-refractivity contribution in [1.82, 2.24) is 0 Å². The van der Waals surface area contributed by atoms with E-state index in [4.69, 9.17) is 5.41 Å².